The zero-order valence-electron chi connectivity index (χ0n) is 9.03. The first-order valence-electron chi connectivity index (χ1n) is 4.60. The first-order valence-corrected chi connectivity index (χ1v) is 5.97. The van der Waals surface area contributed by atoms with Crippen LogP contribution >= 0.6 is 0 Å². The molecule has 0 aromatic heterocycles. The van der Waals surface area contributed by atoms with E-state index in [0.717, 1.165) is 0 Å². The van der Waals surface area contributed by atoms with Crippen LogP contribution in [0.25, 0.3) is 0 Å². The smallest absolute Gasteiger partial charge is 0.446 e. The first kappa shape index (κ1) is 13.7. The van der Waals surface area contributed by atoms with Crippen LogP contribution in [-0.2, 0) is 10.4 Å². The third-order valence-corrected chi connectivity index (χ3v) is 2.38. The molecule has 1 rings (SSSR count). The van der Waals surface area contributed by atoms with Gasteiger partial charge in [0, 0.05) is 6.54 Å². The summed E-state index contributed by atoms with van der Waals surface area (Å²) >= 11 is 0. The van der Waals surface area contributed by atoms with Crippen LogP contribution < -0.4 is 14.7 Å². The highest BCUT2D eigenvalue weighted by atomic mass is 32.3. The third kappa shape index (κ3) is 3.86. The van der Waals surface area contributed by atoms with Gasteiger partial charge in [0.2, 0.25) is 0 Å². The van der Waals surface area contributed by atoms with E-state index >= 15 is 0 Å². The maximum atomic E-state index is 10.6. The zero-order chi connectivity index (χ0) is 13.1. The van der Waals surface area contributed by atoms with Crippen molar-refractivity contribution in [1.82, 2.24) is 0 Å². The van der Waals surface area contributed by atoms with E-state index in [9.17, 15) is 13.5 Å². The summed E-state index contributed by atoms with van der Waals surface area (Å²) in [4.78, 5) is 0. The van der Waals surface area contributed by atoms with Crippen molar-refractivity contribution in [2.45, 2.75) is 6.10 Å². The molecular weight excluding hydrogens is 250 g/mol. The van der Waals surface area contributed by atoms with Crippen LogP contribution in [0.3, 0.4) is 0 Å². The van der Waals surface area contributed by atoms with Crippen LogP contribution in [0.15, 0.2) is 18.2 Å². The minimum absolute atomic E-state index is 0.0155. The Hall–Kier alpha value is -1.35. The normalized spacial score (nSPS) is 13.2. The van der Waals surface area contributed by atoms with E-state index in [2.05, 4.69) is 4.18 Å². The maximum Gasteiger partial charge on any atom is 0.446 e. The summed E-state index contributed by atoms with van der Waals surface area (Å²) in [5, 5.41) is 9.48. The van der Waals surface area contributed by atoms with Crippen LogP contribution in [0.1, 0.15) is 11.7 Å². The molecule has 0 heterocycles. The lowest BCUT2D eigenvalue weighted by Gasteiger charge is -2.12. The quantitative estimate of drug-likeness (QED) is 0.633. The number of nitrogens with two attached hydrogens (primary N) is 1. The van der Waals surface area contributed by atoms with Gasteiger partial charge >= 0.3 is 10.4 Å². The van der Waals surface area contributed by atoms with Crippen LogP contribution in [0.4, 0.5) is 0 Å². The minimum Gasteiger partial charge on any atom is -0.493 e. The summed E-state index contributed by atoms with van der Waals surface area (Å²) in [6, 6.07) is 4.04. The lowest BCUT2D eigenvalue weighted by Crippen LogP contribution is -2.12. The topological polar surface area (TPSA) is 119 Å². The molecule has 0 bridgehead atoms. The number of hydrogen-bond donors (Lipinski definition) is 3. The molecule has 1 aromatic carbocycles. The van der Waals surface area contributed by atoms with Gasteiger partial charge in [-0.1, -0.05) is 6.07 Å². The molecule has 1 atom stereocenters. The number of ether oxygens (including phenoxy) is 1. The van der Waals surface area contributed by atoms with Gasteiger partial charge in [-0.3, -0.25) is 4.55 Å². The van der Waals surface area contributed by atoms with Crippen LogP contribution in [-0.4, -0.2) is 31.7 Å². The largest absolute Gasteiger partial charge is 0.493 e. The number of aliphatic hydroxyl groups excluding tert-OH is 1. The lowest BCUT2D eigenvalue weighted by molar-refractivity contribution is 0.186. The van der Waals surface area contributed by atoms with E-state index in [1.807, 2.05) is 0 Å². The fourth-order valence-corrected chi connectivity index (χ4v) is 1.57. The second-order valence-electron chi connectivity index (χ2n) is 3.17. The summed E-state index contributed by atoms with van der Waals surface area (Å²) in [6.45, 7) is 0.0155. The van der Waals surface area contributed by atoms with Gasteiger partial charge in [-0.2, -0.15) is 8.42 Å². The average Bonchev–Trinajstić information content (AvgIpc) is 2.26. The monoisotopic (exact) mass is 263 g/mol. The van der Waals surface area contributed by atoms with Crippen molar-refractivity contribution in [3.63, 3.8) is 0 Å². The number of rotatable bonds is 5. The summed E-state index contributed by atoms with van der Waals surface area (Å²) in [6.07, 6.45) is -0.885. The van der Waals surface area contributed by atoms with E-state index in [0.29, 0.717) is 5.56 Å². The van der Waals surface area contributed by atoms with Crippen molar-refractivity contribution in [2.24, 2.45) is 5.73 Å². The molecule has 0 aliphatic heterocycles. The summed E-state index contributed by atoms with van der Waals surface area (Å²) in [7, 11) is -3.32. The fourth-order valence-electron chi connectivity index (χ4n) is 1.21. The molecule has 4 N–H and O–H groups in total. The molecule has 8 heteroatoms. The Balaban J connectivity index is 3.10. The number of hydrogen-bond acceptors (Lipinski definition) is 6. The third-order valence-electron chi connectivity index (χ3n) is 1.99. The second-order valence-corrected chi connectivity index (χ2v) is 4.19. The predicted octanol–water partition coefficient (Wildman–Crippen LogP) is -0.131. The molecule has 0 unspecified atom stereocenters. The van der Waals surface area contributed by atoms with E-state index < -0.39 is 16.5 Å². The fraction of sp³-hybridized carbons (Fsp3) is 0.333. The van der Waals surface area contributed by atoms with E-state index in [1.165, 1.54) is 25.3 Å². The van der Waals surface area contributed by atoms with E-state index in [4.69, 9.17) is 15.0 Å². The zero-order valence-corrected chi connectivity index (χ0v) is 9.85. The maximum absolute atomic E-state index is 10.6. The van der Waals surface area contributed by atoms with Gasteiger partial charge in [0.15, 0.2) is 11.5 Å². The van der Waals surface area contributed by atoms with Crippen molar-refractivity contribution in [3.05, 3.63) is 23.8 Å². The van der Waals surface area contributed by atoms with Gasteiger partial charge in [-0.25, -0.2) is 0 Å². The molecule has 0 radical (unpaired) electrons. The Kier molecular flexibility index (Phi) is 4.29. The van der Waals surface area contributed by atoms with E-state index in [-0.39, 0.29) is 18.0 Å². The Morgan fingerprint density at radius 3 is 2.53 bits per heavy atom. The minimum atomic E-state index is -4.62. The summed E-state index contributed by atoms with van der Waals surface area (Å²) < 4.78 is 38.8. The Morgan fingerprint density at radius 2 is 2.06 bits per heavy atom. The van der Waals surface area contributed by atoms with Gasteiger partial charge in [0.1, 0.15) is 0 Å². The van der Waals surface area contributed by atoms with Crippen LogP contribution in [0, 0.1) is 0 Å². The molecule has 0 aliphatic rings. The van der Waals surface area contributed by atoms with Gasteiger partial charge in [0.25, 0.3) is 0 Å². The highest BCUT2D eigenvalue weighted by Gasteiger charge is 2.15. The van der Waals surface area contributed by atoms with Crippen molar-refractivity contribution in [1.29, 1.82) is 0 Å². The van der Waals surface area contributed by atoms with Gasteiger partial charge in [0.05, 0.1) is 13.2 Å². The van der Waals surface area contributed by atoms with Gasteiger partial charge in [-0.15, -0.1) is 0 Å². The van der Waals surface area contributed by atoms with Crippen LogP contribution in [0.5, 0.6) is 11.5 Å². The van der Waals surface area contributed by atoms with Gasteiger partial charge in [-0.05, 0) is 17.7 Å². The molecule has 0 aliphatic carbocycles. The van der Waals surface area contributed by atoms with Gasteiger partial charge < -0.3 is 19.8 Å². The van der Waals surface area contributed by atoms with Crippen LogP contribution in [0.2, 0.25) is 0 Å². The van der Waals surface area contributed by atoms with Crippen molar-refractivity contribution < 1.29 is 27.0 Å². The Morgan fingerprint density at radius 1 is 1.41 bits per heavy atom. The Bertz CT molecular complexity index is 486. The van der Waals surface area contributed by atoms with Crippen molar-refractivity contribution >= 4 is 10.4 Å². The molecule has 1 aromatic rings. The van der Waals surface area contributed by atoms with Crippen molar-refractivity contribution in [2.75, 3.05) is 13.7 Å². The predicted molar refractivity (Wildman–Crippen MR) is 59.2 cm³/mol. The number of benzene rings is 1. The lowest BCUT2D eigenvalue weighted by atomic mass is 10.1. The van der Waals surface area contributed by atoms with Crippen molar-refractivity contribution in [3.8, 4) is 11.5 Å². The summed E-state index contributed by atoms with van der Waals surface area (Å²) in [5.41, 5.74) is 5.73. The summed E-state index contributed by atoms with van der Waals surface area (Å²) in [5.74, 6) is -0.115. The highest BCUT2D eigenvalue weighted by Crippen LogP contribution is 2.30. The first-order chi connectivity index (χ1) is 7.87. The number of methoxy groups -OCH3 is 1. The molecule has 0 spiro atoms. The molecular formula is C9H13NO6S. The standard InChI is InChI=1S/C9H13NO6S/c1-15-9-4-6(7(11)5-10)2-3-8(9)16-17(12,13)14/h2-4,7,11H,5,10H2,1H3,(H,12,13,14)/t7-/m0/s1. The highest BCUT2D eigenvalue weighted by molar-refractivity contribution is 7.81. The molecule has 0 fully saturated rings. The Labute approximate surface area is 98.7 Å². The average molecular weight is 263 g/mol. The molecule has 0 saturated heterocycles. The molecule has 96 valence electrons. The molecule has 0 saturated carbocycles. The molecule has 17 heavy (non-hydrogen) atoms. The molecule has 0 amide bonds. The molecule has 7 nitrogen and oxygen atoms in total. The van der Waals surface area contributed by atoms with E-state index in [1.54, 1.807) is 0 Å². The SMILES string of the molecule is COc1cc([C@@H](O)CN)ccc1OS(=O)(=O)O. The number of aliphatic hydroxyl groups is 1. The second kappa shape index (κ2) is 5.32.